The molecule has 0 unspecified atom stereocenters. The highest BCUT2D eigenvalue weighted by Crippen LogP contribution is 2.47. The van der Waals surface area contributed by atoms with E-state index < -0.39 is 0 Å². The Morgan fingerprint density at radius 1 is 1.31 bits per heavy atom. The van der Waals surface area contributed by atoms with Crippen LogP contribution in [-0.2, 0) is 20.0 Å². The van der Waals surface area contributed by atoms with Gasteiger partial charge in [0.05, 0.1) is 19.3 Å². The van der Waals surface area contributed by atoms with Gasteiger partial charge in [-0.15, -0.1) is 11.3 Å². The highest BCUT2D eigenvalue weighted by atomic mass is 32.1. The van der Waals surface area contributed by atoms with Crippen LogP contribution in [0.5, 0.6) is 5.75 Å². The van der Waals surface area contributed by atoms with Gasteiger partial charge in [-0.1, -0.05) is 12.1 Å². The molecule has 3 heterocycles. The summed E-state index contributed by atoms with van der Waals surface area (Å²) in [6, 6.07) is 8.27. The monoisotopic (exact) mass is 366 g/mol. The lowest BCUT2D eigenvalue weighted by atomic mass is 9.94. The van der Waals surface area contributed by atoms with Crippen molar-refractivity contribution in [2.45, 2.75) is 18.9 Å². The van der Waals surface area contributed by atoms with E-state index in [-0.39, 0.29) is 0 Å². The topological polar surface area (TPSA) is 43.2 Å². The van der Waals surface area contributed by atoms with Crippen LogP contribution < -0.4 is 4.74 Å². The van der Waals surface area contributed by atoms with Crippen molar-refractivity contribution in [1.29, 1.82) is 0 Å². The van der Waals surface area contributed by atoms with Crippen molar-refractivity contribution in [3.8, 4) is 17.0 Å². The number of ether oxygens (including phenoxy) is 1. The molecular formula is C20H22N4OS. The van der Waals surface area contributed by atoms with E-state index in [0.29, 0.717) is 11.8 Å². The Bertz CT molecular complexity index is 933. The van der Waals surface area contributed by atoms with Crippen molar-refractivity contribution in [2.75, 3.05) is 20.2 Å². The number of aromatic nitrogens is 3. The number of methoxy groups -OCH3 is 1. The highest BCUT2D eigenvalue weighted by molar-refractivity contribution is 7.09. The fraction of sp³-hybridized carbons (Fsp3) is 0.400. The fourth-order valence-corrected chi connectivity index (χ4v) is 5.24. The maximum atomic E-state index is 5.42. The third-order valence-electron chi connectivity index (χ3n) is 5.74. The summed E-state index contributed by atoms with van der Waals surface area (Å²) in [5.74, 6) is 2.15. The number of rotatable bonds is 4. The van der Waals surface area contributed by atoms with E-state index in [1.807, 2.05) is 18.3 Å². The van der Waals surface area contributed by atoms with Gasteiger partial charge in [-0.25, -0.2) is 4.98 Å². The van der Waals surface area contributed by atoms with Crippen molar-refractivity contribution in [3.63, 3.8) is 0 Å². The van der Waals surface area contributed by atoms with Crippen LogP contribution >= 0.6 is 11.3 Å². The van der Waals surface area contributed by atoms with Gasteiger partial charge in [-0.3, -0.25) is 9.58 Å². The van der Waals surface area contributed by atoms with E-state index in [1.165, 1.54) is 16.3 Å². The molecule has 0 saturated carbocycles. The Hall–Kier alpha value is -2.18. The molecule has 1 aromatic carbocycles. The third-order valence-corrected chi connectivity index (χ3v) is 6.50. The Labute approximate surface area is 157 Å². The molecular weight excluding hydrogens is 344 g/mol. The summed E-state index contributed by atoms with van der Waals surface area (Å²) in [6.45, 7) is 3.21. The van der Waals surface area contributed by atoms with Crippen molar-refractivity contribution < 1.29 is 4.74 Å². The van der Waals surface area contributed by atoms with Crippen LogP contribution in [0.15, 0.2) is 35.8 Å². The Kier molecular flexibility index (Phi) is 3.83. The average Bonchev–Trinajstić information content (AvgIpc) is 3.40. The van der Waals surface area contributed by atoms with Gasteiger partial charge in [-0.05, 0) is 24.5 Å². The number of thiazole rings is 1. The second-order valence-corrected chi connectivity index (χ2v) is 8.23. The lowest BCUT2D eigenvalue weighted by molar-refractivity contribution is 0.313. The highest BCUT2D eigenvalue weighted by Gasteiger charge is 2.43. The quantitative estimate of drug-likeness (QED) is 0.710. The van der Waals surface area contributed by atoms with E-state index in [0.717, 1.165) is 43.1 Å². The van der Waals surface area contributed by atoms with Gasteiger partial charge in [-0.2, -0.15) is 5.10 Å². The first-order valence-corrected chi connectivity index (χ1v) is 9.92. The number of hydrogen-bond acceptors (Lipinski definition) is 5. The van der Waals surface area contributed by atoms with Crippen LogP contribution in [0.4, 0.5) is 0 Å². The molecule has 2 atom stereocenters. The van der Waals surface area contributed by atoms with E-state index >= 15 is 0 Å². The van der Waals surface area contributed by atoms with Crippen LogP contribution in [0.2, 0.25) is 0 Å². The molecule has 1 saturated heterocycles. The summed E-state index contributed by atoms with van der Waals surface area (Å²) in [5, 5.41) is 8.15. The first-order chi connectivity index (χ1) is 12.7. The maximum absolute atomic E-state index is 5.42. The molecule has 134 valence electrons. The van der Waals surface area contributed by atoms with E-state index in [2.05, 4.69) is 39.1 Å². The molecule has 3 aromatic rings. The zero-order chi connectivity index (χ0) is 17.7. The molecule has 0 bridgehead atoms. The first kappa shape index (κ1) is 16.0. The normalized spacial score (nSPS) is 21.8. The van der Waals surface area contributed by atoms with Crippen molar-refractivity contribution in [3.05, 3.63) is 52.1 Å². The largest absolute Gasteiger partial charge is 0.497 e. The van der Waals surface area contributed by atoms with E-state index in [9.17, 15) is 0 Å². The standard InChI is InChI=1S/C20H22N4OS/c1-23-17-9-14-10-24(12-18-21-6-7-26-18)11-16(14)19(17)20(22-23)13-4-3-5-15(8-13)25-2/h3-8,14,16H,9-12H2,1-2H3/t14-,16+/m1/s1. The van der Waals surface area contributed by atoms with Crippen LogP contribution in [0.3, 0.4) is 0 Å². The van der Waals surface area contributed by atoms with Crippen LogP contribution in [0.1, 0.15) is 22.2 Å². The second-order valence-electron chi connectivity index (χ2n) is 7.26. The predicted octanol–water partition coefficient (Wildman–Crippen LogP) is 3.32. The van der Waals surface area contributed by atoms with Crippen molar-refractivity contribution in [1.82, 2.24) is 19.7 Å². The summed E-state index contributed by atoms with van der Waals surface area (Å²) >= 11 is 1.75. The Balaban J connectivity index is 1.47. The van der Waals surface area contributed by atoms with E-state index in [4.69, 9.17) is 9.84 Å². The van der Waals surface area contributed by atoms with Gasteiger partial charge in [0, 0.05) is 54.5 Å². The molecule has 1 aliphatic heterocycles. The summed E-state index contributed by atoms with van der Waals surface area (Å²) < 4.78 is 7.51. The molecule has 1 aliphatic carbocycles. The van der Waals surface area contributed by atoms with Gasteiger partial charge in [0.1, 0.15) is 10.8 Å². The van der Waals surface area contributed by atoms with Gasteiger partial charge >= 0.3 is 0 Å². The minimum Gasteiger partial charge on any atom is -0.497 e. The van der Waals surface area contributed by atoms with Crippen molar-refractivity contribution >= 4 is 11.3 Å². The van der Waals surface area contributed by atoms with E-state index in [1.54, 1.807) is 18.4 Å². The molecule has 0 N–H and O–H groups in total. The maximum Gasteiger partial charge on any atom is 0.119 e. The lowest BCUT2D eigenvalue weighted by Crippen LogP contribution is -2.21. The molecule has 2 aliphatic rings. The predicted molar refractivity (Wildman–Crippen MR) is 103 cm³/mol. The van der Waals surface area contributed by atoms with Gasteiger partial charge in [0.25, 0.3) is 0 Å². The molecule has 1 fully saturated rings. The Morgan fingerprint density at radius 2 is 2.23 bits per heavy atom. The zero-order valence-corrected chi connectivity index (χ0v) is 15.9. The average molecular weight is 366 g/mol. The number of nitrogens with zero attached hydrogens (tertiary/aromatic N) is 4. The lowest BCUT2D eigenvalue weighted by Gasteiger charge is -2.15. The first-order valence-electron chi connectivity index (χ1n) is 9.04. The Morgan fingerprint density at radius 3 is 3.04 bits per heavy atom. The molecule has 6 heteroatoms. The summed E-state index contributed by atoms with van der Waals surface area (Å²) in [7, 11) is 3.79. The molecule has 2 aromatic heterocycles. The van der Waals surface area contributed by atoms with Gasteiger partial charge in [0.15, 0.2) is 0 Å². The summed E-state index contributed by atoms with van der Waals surface area (Å²) in [5.41, 5.74) is 5.14. The molecule has 0 radical (unpaired) electrons. The number of aryl methyl sites for hydroxylation is 1. The third kappa shape index (κ3) is 2.56. The zero-order valence-electron chi connectivity index (χ0n) is 15.1. The molecule has 0 spiro atoms. The molecule has 5 rings (SSSR count). The minimum absolute atomic E-state index is 0.569. The minimum atomic E-state index is 0.569. The van der Waals surface area contributed by atoms with Crippen molar-refractivity contribution in [2.24, 2.45) is 13.0 Å². The number of hydrogen-bond donors (Lipinski definition) is 0. The van der Waals surface area contributed by atoms with Gasteiger partial charge < -0.3 is 4.74 Å². The summed E-state index contributed by atoms with van der Waals surface area (Å²) in [6.07, 6.45) is 3.03. The summed E-state index contributed by atoms with van der Waals surface area (Å²) in [4.78, 5) is 7.01. The number of benzene rings is 1. The van der Waals surface area contributed by atoms with Crippen LogP contribution in [-0.4, -0.2) is 39.9 Å². The van der Waals surface area contributed by atoms with Gasteiger partial charge in [0.2, 0.25) is 0 Å². The number of fused-ring (bicyclic) bond motifs is 3. The van der Waals surface area contributed by atoms with Crippen LogP contribution in [0.25, 0.3) is 11.3 Å². The molecule has 5 nitrogen and oxygen atoms in total. The second kappa shape index (κ2) is 6.21. The SMILES string of the molecule is COc1cccc(-c2nn(C)c3c2[C@H]2CN(Cc4nccs4)C[C@H]2C3)c1. The molecule has 26 heavy (non-hydrogen) atoms. The molecule has 0 amide bonds. The smallest absolute Gasteiger partial charge is 0.119 e. The van der Waals surface area contributed by atoms with Crippen LogP contribution in [0, 0.1) is 5.92 Å². The fourth-order valence-electron chi connectivity index (χ4n) is 4.58. The number of likely N-dealkylation sites (tertiary alicyclic amines) is 1.